The summed E-state index contributed by atoms with van der Waals surface area (Å²) in [7, 11) is 3.78. The minimum absolute atomic E-state index is 0.00208. The lowest BCUT2D eigenvalue weighted by Gasteiger charge is -2.19. The van der Waals surface area contributed by atoms with Gasteiger partial charge in [0.1, 0.15) is 5.75 Å². The number of benzene rings is 1. The SMILES string of the molecule is CCCCOc1ccc(NC(=O)[C@H](C)N(C)C)c(C)c1. The molecule has 0 aliphatic carbocycles. The van der Waals surface area contributed by atoms with Crippen LogP contribution in [0.4, 0.5) is 5.69 Å². The number of hydrogen-bond acceptors (Lipinski definition) is 3. The van der Waals surface area contributed by atoms with Gasteiger partial charge in [-0.25, -0.2) is 0 Å². The molecule has 1 amide bonds. The van der Waals surface area contributed by atoms with Gasteiger partial charge < -0.3 is 10.1 Å². The van der Waals surface area contributed by atoms with E-state index < -0.39 is 0 Å². The van der Waals surface area contributed by atoms with Gasteiger partial charge in [-0.1, -0.05) is 13.3 Å². The number of unbranched alkanes of at least 4 members (excludes halogenated alkanes) is 1. The van der Waals surface area contributed by atoms with Gasteiger partial charge in [-0.05, 0) is 58.1 Å². The Kier molecular flexibility index (Phi) is 6.52. The lowest BCUT2D eigenvalue weighted by Crippen LogP contribution is -2.37. The van der Waals surface area contributed by atoms with E-state index in [1.54, 1.807) is 0 Å². The van der Waals surface area contributed by atoms with E-state index in [9.17, 15) is 4.79 Å². The standard InChI is InChI=1S/C16H26N2O2/c1-6-7-10-20-14-8-9-15(12(2)11-14)17-16(19)13(3)18(4)5/h8-9,11,13H,6-7,10H2,1-5H3,(H,17,19)/t13-/m0/s1. The molecule has 0 unspecified atom stereocenters. The van der Waals surface area contributed by atoms with Crippen LogP contribution >= 0.6 is 0 Å². The fourth-order valence-electron chi connectivity index (χ4n) is 1.67. The molecular weight excluding hydrogens is 252 g/mol. The molecule has 0 fully saturated rings. The molecule has 112 valence electrons. The maximum Gasteiger partial charge on any atom is 0.241 e. The van der Waals surface area contributed by atoms with Gasteiger partial charge in [-0.3, -0.25) is 9.69 Å². The van der Waals surface area contributed by atoms with Gasteiger partial charge >= 0.3 is 0 Å². The molecule has 1 atom stereocenters. The normalized spacial score (nSPS) is 12.3. The van der Waals surface area contributed by atoms with Crippen LogP contribution in [0.5, 0.6) is 5.75 Å². The van der Waals surface area contributed by atoms with Crippen molar-refractivity contribution in [2.24, 2.45) is 0 Å². The molecular formula is C16H26N2O2. The monoisotopic (exact) mass is 278 g/mol. The van der Waals surface area contributed by atoms with Crippen molar-refractivity contribution in [3.63, 3.8) is 0 Å². The minimum atomic E-state index is -0.158. The Morgan fingerprint density at radius 3 is 2.65 bits per heavy atom. The average molecular weight is 278 g/mol. The maximum absolute atomic E-state index is 12.0. The summed E-state index contributed by atoms with van der Waals surface area (Å²) in [4.78, 5) is 13.9. The first-order valence-corrected chi connectivity index (χ1v) is 7.16. The molecule has 1 rings (SSSR count). The molecule has 1 N–H and O–H groups in total. The van der Waals surface area contributed by atoms with Crippen molar-refractivity contribution < 1.29 is 9.53 Å². The molecule has 0 heterocycles. The Labute approximate surface area is 122 Å². The highest BCUT2D eigenvalue weighted by atomic mass is 16.5. The predicted molar refractivity (Wildman–Crippen MR) is 83.4 cm³/mol. The van der Waals surface area contributed by atoms with Gasteiger partial charge in [0.15, 0.2) is 0 Å². The highest BCUT2D eigenvalue weighted by Crippen LogP contribution is 2.22. The first-order chi connectivity index (χ1) is 9.45. The fourth-order valence-corrected chi connectivity index (χ4v) is 1.67. The van der Waals surface area contributed by atoms with Gasteiger partial charge in [0.25, 0.3) is 0 Å². The van der Waals surface area contributed by atoms with Crippen LogP contribution in [0, 0.1) is 6.92 Å². The van der Waals surface area contributed by atoms with Crippen molar-refractivity contribution in [1.29, 1.82) is 0 Å². The molecule has 0 aliphatic rings. The number of rotatable bonds is 7. The molecule has 4 heteroatoms. The van der Waals surface area contributed by atoms with Crippen LogP contribution in [0.3, 0.4) is 0 Å². The second-order valence-electron chi connectivity index (χ2n) is 5.31. The second kappa shape index (κ2) is 7.90. The summed E-state index contributed by atoms with van der Waals surface area (Å²) in [5.74, 6) is 0.854. The fraction of sp³-hybridized carbons (Fsp3) is 0.562. The average Bonchev–Trinajstić information content (AvgIpc) is 2.41. The molecule has 0 saturated carbocycles. The number of nitrogens with zero attached hydrogens (tertiary/aromatic N) is 1. The van der Waals surface area contributed by atoms with E-state index in [0.29, 0.717) is 0 Å². The molecule has 0 bridgehead atoms. The second-order valence-corrected chi connectivity index (χ2v) is 5.31. The zero-order valence-corrected chi connectivity index (χ0v) is 13.2. The van der Waals surface area contributed by atoms with Crippen molar-refractivity contribution in [3.8, 4) is 5.75 Å². The number of amides is 1. The van der Waals surface area contributed by atoms with E-state index in [4.69, 9.17) is 4.74 Å². The number of carbonyl (C=O) groups excluding carboxylic acids is 1. The number of aryl methyl sites for hydroxylation is 1. The number of likely N-dealkylation sites (N-methyl/N-ethyl adjacent to an activating group) is 1. The van der Waals surface area contributed by atoms with Crippen molar-refractivity contribution in [1.82, 2.24) is 4.90 Å². The summed E-state index contributed by atoms with van der Waals surface area (Å²) in [6, 6.07) is 5.61. The largest absolute Gasteiger partial charge is 0.494 e. The van der Waals surface area contributed by atoms with Crippen molar-refractivity contribution in [2.45, 2.75) is 39.7 Å². The smallest absolute Gasteiger partial charge is 0.241 e. The van der Waals surface area contributed by atoms with Crippen molar-refractivity contribution in [2.75, 3.05) is 26.0 Å². The van der Waals surface area contributed by atoms with Crippen molar-refractivity contribution >= 4 is 11.6 Å². The van der Waals surface area contributed by atoms with Crippen molar-refractivity contribution in [3.05, 3.63) is 23.8 Å². The summed E-state index contributed by atoms with van der Waals surface area (Å²) < 4.78 is 5.65. The Morgan fingerprint density at radius 2 is 2.10 bits per heavy atom. The third-order valence-electron chi connectivity index (χ3n) is 3.38. The lowest BCUT2D eigenvalue weighted by molar-refractivity contribution is -0.119. The number of carbonyl (C=O) groups is 1. The molecule has 20 heavy (non-hydrogen) atoms. The van der Waals surface area contributed by atoms with Crippen LogP contribution in [0.2, 0.25) is 0 Å². The molecule has 0 aromatic heterocycles. The summed E-state index contributed by atoms with van der Waals surface area (Å²) >= 11 is 0. The summed E-state index contributed by atoms with van der Waals surface area (Å²) in [5, 5.41) is 2.95. The van der Waals surface area contributed by atoms with E-state index in [0.717, 1.165) is 36.4 Å². The highest BCUT2D eigenvalue weighted by molar-refractivity contribution is 5.95. The van der Waals surface area contributed by atoms with Crippen LogP contribution in [0.25, 0.3) is 0 Å². The van der Waals surface area contributed by atoms with Crippen LogP contribution in [-0.2, 0) is 4.79 Å². The molecule has 1 aromatic rings. The zero-order valence-electron chi connectivity index (χ0n) is 13.2. The van der Waals surface area contributed by atoms with Gasteiger partial charge in [-0.15, -0.1) is 0 Å². The van der Waals surface area contributed by atoms with Crippen LogP contribution in [0.15, 0.2) is 18.2 Å². The van der Waals surface area contributed by atoms with E-state index in [1.807, 2.05) is 51.0 Å². The lowest BCUT2D eigenvalue weighted by atomic mass is 10.1. The van der Waals surface area contributed by atoms with E-state index in [2.05, 4.69) is 12.2 Å². The van der Waals surface area contributed by atoms with Gasteiger partial charge in [-0.2, -0.15) is 0 Å². The number of anilines is 1. The molecule has 0 spiro atoms. The summed E-state index contributed by atoms with van der Waals surface area (Å²) in [6.07, 6.45) is 2.17. The molecule has 0 saturated heterocycles. The highest BCUT2D eigenvalue weighted by Gasteiger charge is 2.15. The molecule has 0 aliphatic heterocycles. The number of ether oxygens (including phenoxy) is 1. The Bertz CT molecular complexity index is 444. The first kappa shape index (κ1) is 16.5. The number of hydrogen-bond donors (Lipinski definition) is 1. The Balaban J connectivity index is 2.66. The minimum Gasteiger partial charge on any atom is -0.494 e. The third kappa shape index (κ3) is 4.85. The molecule has 1 aromatic carbocycles. The zero-order chi connectivity index (χ0) is 15.1. The quantitative estimate of drug-likeness (QED) is 0.779. The van der Waals surface area contributed by atoms with Crippen LogP contribution in [0.1, 0.15) is 32.3 Å². The van der Waals surface area contributed by atoms with Crippen LogP contribution in [-0.4, -0.2) is 37.6 Å². The maximum atomic E-state index is 12.0. The number of nitrogens with one attached hydrogen (secondary N) is 1. The Hall–Kier alpha value is -1.55. The third-order valence-corrected chi connectivity index (χ3v) is 3.38. The van der Waals surface area contributed by atoms with Gasteiger partial charge in [0.05, 0.1) is 12.6 Å². The summed E-state index contributed by atoms with van der Waals surface area (Å²) in [6.45, 7) is 6.73. The predicted octanol–water partition coefficient (Wildman–Crippen LogP) is 3.06. The first-order valence-electron chi connectivity index (χ1n) is 7.16. The topological polar surface area (TPSA) is 41.6 Å². The molecule has 4 nitrogen and oxygen atoms in total. The van der Waals surface area contributed by atoms with Gasteiger partial charge in [0, 0.05) is 5.69 Å². The van der Waals surface area contributed by atoms with E-state index in [-0.39, 0.29) is 11.9 Å². The molecule has 0 radical (unpaired) electrons. The Morgan fingerprint density at radius 1 is 1.40 bits per heavy atom. The van der Waals surface area contributed by atoms with Gasteiger partial charge in [0.2, 0.25) is 5.91 Å². The van der Waals surface area contributed by atoms with E-state index in [1.165, 1.54) is 0 Å². The van der Waals surface area contributed by atoms with Crippen LogP contribution < -0.4 is 10.1 Å². The van der Waals surface area contributed by atoms with E-state index >= 15 is 0 Å². The summed E-state index contributed by atoms with van der Waals surface area (Å²) in [5.41, 5.74) is 1.85.